The number of nitrogens with zero attached hydrogens (tertiary/aromatic N) is 1. The highest BCUT2D eigenvalue weighted by Gasteiger charge is 2.30. The molecule has 6 nitrogen and oxygen atoms in total. The van der Waals surface area contributed by atoms with E-state index < -0.39 is 10.0 Å². The van der Waals surface area contributed by atoms with Crippen LogP contribution in [0.25, 0.3) is 0 Å². The number of carbonyl (C=O) groups excluding carboxylic acids is 1. The topological polar surface area (TPSA) is 75.7 Å². The molecule has 1 N–H and O–H groups in total. The van der Waals surface area contributed by atoms with Crippen LogP contribution in [0.1, 0.15) is 31.7 Å². The summed E-state index contributed by atoms with van der Waals surface area (Å²) in [7, 11) is -3.69. The molecule has 1 fully saturated rings. The van der Waals surface area contributed by atoms with E-state index in [1.165, 1.54) is 22.5 Å². The molecule has 2 aromatic carbocycles. The molecule has 3 rings (SSSR count). The summed E-state index contributed by atoms with van der Waals surface area (Å²) in [4.78, 5) is 12.4. The van der Waals surface area contributed by atoms with Gasteiger partial charge in [0.25, 0.3) is 0 Å². The minimum absolute atomic E-state index is 0.0594. The van der Waals surface area contributed by atoms with Crippen molar-refractivity contribution in [3.8, 4) is 5.75 Å². The summed E-state index contributed by atoms with van der Waals surface area (Å²) in [6, 6.07) is 10.7. The molecule has 2 aromatic rings. The lowest BCUT2D eigenvalue weighted by atomic mass is 10.1. The molecule has 0 atom stereocenters. The quantitative estimate of drug-likeness (QED) is 0.708. The number of anilines is 1. The fourth-order valence-electron chi connectivity index (χ4n) is 3.30. The fraction of sp³-hybridized carbons (Fsp3) is 0.381. The van der Waals surface area contributed by atoms with E-state index in [1.807, 2.05) is 0 Å². The predicted octanol–water partition coefficient (Wildman–Crippen LogP) is 3.58. The van der Waals surface area contributed by atoms with Crippen molar-refractivity contribution >= 4 is 21.6 Å². The zero-order valence-electron chi connectivity index (χ0n) is 16.4. The second-order valence-electron chi connectivity index (χ2n) is 6.88. The van der Waals surface area contributed by atoms with E-state index in [9.17, 15) is 17.6 Å². The highest BCUT2D eigenvalue weighted by molar-refractivity contribution is 7.89. The predicted molar refractivity (Wildman–Crippen MR) is 109 cm³/mol. The van der Waals surface area contributed by atoms with Gasteiger partial charge in [-0.15, -0.1) is 0 Å². The Morgan fingerprint density at radius 3 is 2.62 bits per heavy atom. The summed E-state index contributed by atoms with van der Waals surface area (Å²) in [5.41, 5.74) is 1.11. The number of nitrogens with one attached hydrogen (secondary N) is 1. The van der Waals surface area contributed by atoms with Gasteiger partial charge in [0.1, 0.15) is 16.5 Å². The van der Waals surface area contributed by atoms with Gasteiger partial charge in [-0.1, -0.05) is 12.1 Å². The van der Waals surface area contributed by atoms with Gasteiger partial charge in [-0.2, -0.15) is 4.31 Å². The van der Waals surface area contributed by atoms with Gasteiger partial charge in [0.2, 0.25) is 15.9 Å². The van der Waals surface area contributed by atoms with E-state index in [0.29, 0.717) is 31.8 Å². The minimum Gasteiger partial charge on any atom is -0.492 e. The monoisotopic (exact) mass is 420 g/mol. The van der Waals surface area contributed by atoms with Crippen molar-refractivity contribution in [1.29, 1.82) is 0 Å². The maximum atomic E-state index is 13.3. The number of carbonyl (C=O) groups is 1. The molecular weight excluding hydrogens is 395 g/mol. The summed E-state index contributed by atoms with van der Waals surface area (Å²) in [5.74, 6) is -0.341. The molecule has 0 radical (unpaired) electrons. The Balaban J connectivity index is 1.74. The van der Waals surface area contributed by atoms with E-state index in [2.05, 4.69) is 5.32 Å². The van der Waals surface area contributed by atoms with E-state index in [4.69, 9.17) is 4.74 Å². The molecule has 1 aliphatic rings. The van der Waals surface area contributed by atoms with E-state index in [-0.39, 0.29) is 28.8 Å². The number of aryl methyl sites for hydroxylation is 1. The zero-order valence-corrected chi connectivity index (χ0v) is 17.2. The lowest BCUT2D eigenvalue weighted by molar-refractivity contribution is -0.116. The zero-order chi connectivity index (χ0) is 20.9. The largest absolute Gasteiger partial charge is 0.492 e. The third kappa shape index (κ3) is 5.33. The van der Waals surface area contributed by atoms with Crippen LogP contribution >= 0.6 is 0 Å². The molecular formula is C21H25FN2O4S. The van der Waals surface area contributed by atoms with Gasteiger partial charge >= 0.3 is 0 Å². The van der Waals surface area contributed by atoms with Crippen molar-refractivity contribution in [2.45, 2.75) is 37.5 Å². The fourth-order valence-corrected chi connectivity index (χ4v) is 4.98. The van der Waals surface area contributed by atoms with Gasteiger partial charge in [-0.05, 0) is 62.1 Å². The molecule has 156 valence electrons. The smallest absolute Gasteiger partial charge is 0.246 e. The Bertz CT molecular complexity index is 972. The molecule has 8 heteroatoms. The lowest BCUT2D eigenvalue weighted by Crippen LogP contribution is -2.28. The molecule has 1 aliphatic heterocycles. The van der Waals surface area contributed by atoms with Gasteiger partial charge in [0, 0.05) is 25.2 Å². The number of ether oxygens (including phenoxy) is 1. The van der Waals surface area contributed by atoms with Crippen LogP contribution < -0.4 is 10.1 Å². The Hall–Kier alpha value is -2.45. The Morgan fingerprint density at radius 2 is 1.93 bits per heavy atom. The van der Waals surface area contributed by atoms with Crippen molar-refractivity contribution in [2.75, 3.05) is 25.0 Å². The van der Waals surface area contributed by atoms with Crippen LogP contribution in [0.15, 0.2) is 47.4 Å². The van der Waals surface area contributed by atoms with Crippen LogP contribution in [0.3, 0.4) is 0 Å². The maximum Gasteiger partial charge on any atom is 0.246 e. The van der Waals surface area contributed by atoms with Crippen LogP contribution in [0.2, 0.25) is 0 Å². The average molecular weight is 421 g/mol. The molecule has 0 aromatic heterocycles. The molecule has 0 aliphatic carbocycles. The number of halogens is 1. The average Bonchev–Trinajstić information content (AvgIpc) is 3.23. The van der Waals surface area contributed by atoms with E-state index in [1.54, 1.807) is 31.2 Å². The SMILES string of the molecule is CCOc1ccc(NC(=O)CCc2cccc(F)c2)cc1S(=O)(=O)N1CCCC1. The lowest BCUT2D eigenvalue weighted by Gasteiger charge is -2.19. The van der Waals surface area contributed by atoms with Crippen molar-refractivity contribution in [3.63, 3.8) is 0 Å². The molecule has 1 saturated heterocycles. The van der Waals surface area contributed by atoms with Gasteiger partial charge in [0.15, 0.2) is 0 Å². The Morgan fingerprint density at radius 1 is 1.17 bits per heavy atom. The number of rotatable bonds is 8. The highest BCUT2D eigenvalue weighted by Crippen LogP contribution is 2.31. The van der Waals surface area contributed by atoms with Crippen molar-refractivity contribution in [2.24, 2.45) is 0 Å². The van der Waals surface area contributed by atoms with E-state index >= 15 is 0 Å². The third-order valence-corrected chi connectivity index (χ3v) is 6.66. The minimum atomic E-state index is -3.69. The molecule has 0 unspecified atom stereocenters. The van der Waals surface area contributed by atoms with Crippen LogP contribution in [-0.4, -0.2) is 38.3 Å². The standard InChI is InChI=1S/C21H25FN2O4S/c1-2-28-19-10-9-18(15-20(19)29(26,27)24-12-3-4-13-24)23-21(25)11-8-16-6-5-7-17(22)14-16/h5-7,9-10,14-15H,2-4,8,11-13H2,1H3,(H,23,25). The summed E-state index contributed by atoms with van der Waals surface area (Å²) in [6.07, 6.45) is 2.21. The first-order valence-corrected chi connectivity index (χ1v) is 11.2. The first kappa shape index (κ1) is 21.3. The van der Waals surface area contributed by atoms with Gasteiger partial charge in [0.05, 0.1) is 6.61 Å². The number of hydrogen-bond acceptors (Lipinski definition) is 4. The molecule has 0 saturated carbocycles. The van der Waals surface area contributed by atoms with Crippen LogP contribution in [0.4, 0.5) is 10.1 Å². The third-order valence-electron chi connectivity index (χ3n) is 4.74. The van der Waals surface area contributed by atoms with E-state index in [0.717, 1.165) is 18.4 Å². The highest BCUT2D eigenvalue weighted by atomic mass is 32.2. The molecule has 1 heterocycles. The van der Waals surface area contributed by atoms with Crippen molar-refractivity contribution in [1.82, 2.24) is 4.31 Å². The van der Waals surface area contributed by atoms with Crippen LogP contribution in [0, 0.1) is 5.82 Å². The van der Waals surface area contributed by atoms with Gasteiger partial charge in [-0.3, -0.25) is 4.79 Å². The molecule has 0 bridgehead atoms. The second kappa shape index (κ2) is 9.37. The molecule has 1 amide bonds. The molecule has 0 spiro atoms. The normalized spacial score (nSPS) is 14.7. The number of benzene rings is 2. The Labute approximate surface area is 170 Å². The summed E-state index contributed by atoms with van der Waals surface area (Å²) in [6.45, 7) is 3.09. The van der Waals surface area contributed by atoms with Gasteiger partial charge < -0.3 is 10.1 Å². The van der Waals surface area contributed by atoms with Crippen LogP contribution in [-0.2, 0) is 21.2 Å². The second-order valence-corrected chi connectivity index (χ2v) is 8.79. The maximum absolute atomic E-state index is 13.3. The summed E-state index contributed by atoms with van der Waals surface area (Å²) < 4.78 is 46.2. The Kier molecular flexibility index (Phi) is 6.87. The number of amides is 1. The first-order valence-electron chi connectivity index (χ1n) is 9.71. The number of sulfonamides is 1. The van der Waals surface area contributed by atoms with Crippen molar-refractivity contribution < 1.29 is 22.3 Å². The summed E-state index contributed by atoms with van der Waals surface area (Å²) in [5, 5.41) is 2.73. The first-order chi connectivity index (χ1) is 13.9. The van der Waals surface area contributed by atoms with Crippen LogP contribution in [0.5, 0.6) is 5.75 Å². The van der Waals surface area contributed by atoms with Gasteiger partial charge in [-0.25, -0.2) is 12.8 Å². The summed E-state index contributed by atoms with van der Waals surface area (Å²) >= 11 is 0. The molecule has 29 heavy (non-hydrogen) atoms. The number of hydrogen-bond donors (Lipinski definition) is 1. The van der Waals surface area contributed by atoms with Crippen molar-refractivity contribution in [3.05, 3.63) is 53.8 Å².